The minimum absolute atomic E-state index is 0.0380. The van der Waals surface area contributed by atoms with E-state index in [1.54, 1.807) is 17.8 Å². The largest absolute Gasteiger partial charge is 0.455 e. The first-order valence-electron chi connectivity index (χ1n) is 16.8. The number of hydrogen-bond donors (Lipinski definition) is 1. The zero-order chi connectivity index (χ0) is 34.7. The van der Waals surface area contributed by atoms with Crippen LogP contribution in [0.3, 0.4) is 0 Å². The molecule has 0 aliphatic carbocycles. The molecule has 1 N–H and O–H groups in total. The molecule has 7 heteroatoms. The fourth-order valence-corrected chi connectivity index (χ4v) is 5.85. The Morgan fingerprint density at radius 2 is 1.82 bits per heavy atom. The van der Waals surface area contributed by atoms with Gasteiger partial charge in [-0.05, 0) is 74.6 Å². The Morgan fingerprint density at radius 3 is 2.36 bits per heavy atom. The van der Waals surface area contributed by atoms with Crippen molar-refractivity contribution in [2.75, 3.05) is 6.54 Å². The summed E-state index contributed by atoms with van der Waals surface area (Å²) in [5, 5.41) is 1.74. The van der Waals surface area contributed by atoms with Crippen LogP contribution in [-0.4, -0.2) is 27.3 Å². The van der Waals surface area contributed by atoms with Gasteiger partial charge in [0.15, 0.2) is 5.76 Å². The van der Waals surface area contributed by atoms with Crippen LogP contribution in [0.4, 0.5) is 4.39 Å². The highest BCUT2D eigenvalue weighted by Gasteiger charge is 2.32. The molecule has 1 aliphatic heterocycles. The van der Waals surface area contributed by atoms with Crippen LogP contribution in [0.2, 0.25) is 0 Å². The molecule has 1 aromatic carbocycles. The van der Waals surface area contributed by atoms with Crippen molar-refractivity contribution < 1.29 is 13.9 Å². The third kappa shape index (κ3) is 12.5. The zero-order valence-corrected chi connectivity index (χ0v) is 31.4. The van der Waals surface area contributed by atoms with Gasteiger partial charge in [-0.3, -0.25) is 4.79 Å². The maximum Gasteiger partial charge on any atom is 0.289 e. The van der Waals surface area contributed by atoms with Gasteiger partial charge in [0.25, 0.3) is 5.91 Å². The number of aromatic amines is 1. The lowest BCUT2D eigenvalue weighted by atomic mass is 9.83. The van der Waals surface area contributed by atoms with Crippen molar-refractivity contribution in [2.45, 2.75) is 139 Å². The molecule has 254 valence electrons. The molecule has 2 aromatic rings. The number of allylic oxidation sites excluding steroid dienone is 3. The Kier molecular flexibility index (Phi) is 20.5. The first-order chi connectivity index (χ1) is 21.4. The number of hydrogen-bond acceptors (Lipinski definition) is 4. The zero-order valence-electron chi connectivity index (χ0n) is 30.6. The second-order valence-corrected chi connectivity index (χ2v) is 12.6. The van der Waals surface area contributed by atoms with Crippen LogP contribution < -0.4 is 0 Å². The Bertz CT molecular complexity index is 1240. The Hall–Kier alpha value is -2.80. The summed E-state index contributed by atoms with van der Waals surface area (Å²) < 4.78 is 20.0. The van der Waals surface area contributed by atoms with E-state index in [4.69, 9.17) is 4.74 Å². The summed E-state index contributed by atoms with van der Waals surface area (Å²) in [5.41, 5.74) is 4.91. The van der Waals surface area contributed by atoms with E-state index in [9.17, 15) is 9.18 Å². The number of benzene rings is 1. The summed E-state index contributed by atoms with van der Waals surface area (Å²) >= 11 is 1.48. The van der Waals surface area contributed by atoms with E-state index >= 15 is 0 Å². The van der Waals surface area contributed by atoms with Crippen LogP contribution in [0.25, 0.3) is 0 Å². The molecule has 0 spiro atoms. The van der Waals surface area contributed by atoms with Crippen molar-refractivity contribution in [2.24, 2.45) is 5.41 Å². The van der Waals surface area contributed by atoms with Gasteiger partial charge in [-0.2, -0.15) is 0 Å². The molecule has 45 heavy (non-hydrogen) atoms. The number of imidazole rings is 1. The van der Waals surface area contributed by atoms with Gasteiger partial charge in [-0.25, -0.2) is 9.37 Å². The van der Waals surface area contributed by atoms with Crippen LogP contribution >= 0.6 is 11.8 Å². The van der Waals surface area contributed by atoms with E-state index in [1.807, 2.05) is 59.4 Å². The average molecular weight is 644 g/mol. The number of ether oxygens (including phenoxy) is 1. The van der Waals surface area contributed by atoms with Crippen LogP contribution in [0.15, 0.2) is 64.1 Å². The van der Waals surface area contributed by atoms with Crippen molar-refractivity contribution >= 4 is 17.7 Å². The molecular weight excluding hydrogens is 582 g/mol. The molecule has 0 bridgehead atoms. The molecule has 1 unspecified atom stereocenters. The van der Waals surface area contributed by atoms with E-state index in [2.05, 4.69) is 58.1 Å². The van der Waals surface area contributed by atoms with E-state index in [1.165, 1.54) is 23.4 Å². The molecule has 1 aliphatic rings. The fourth-order valence-electron chi connectivity index (χ4n) is 5.09. The molecule has 1 atom stereocenters. The maximum atomic E-state index is 13.6. The second kappa shape index (κ2) is 21.9. The third-order valence-corrected chi connectivity index (χ3v) is 8.43. The monoisotopic (exact) mass is 643 g/mol. The highest BCUT2D eigenvalue weighted by Crippen LogP contribution is 2.38. The number of halogens is 1. The lowest BCUT2D eigenvalue weighted by Crippen LogP contribution is -2.38. The Balaban J connectivity index is 0.000000904. The molecule has 3 rings (SSSR count). The smallest absolute Gasteiger partial charge is 0.289 e. The lowest BCUT2D eigenvalue weighted by molar-refractivity contribution is -0.131. The molecule has 1 aromatic heterocycles. The van der Waals surface area contributed by atoms with E-state index in [-0.39, 0.29) is 23.1 Å². The fraction of sp³-hybridized carbons (Fsp3) is 0.579. The number of thioether (sulfide) groups is 1. The van der Waals surface area contributed by atoms with Crippen molar-refractivity contribution in [3.05, 3.63) is 81.9 Å². The minimum atomic E-state index is -0.105. The quantitative estimate of drug-likeness (QED) is 0.150. The number of carbonyl (C=O) groups is 1. The number of nitrogens with zero attached hydrogens (tertiary/aromatic N) is 2. The van der Waals surface area contributed by atoms with Crippen LogP contribution in [0.5, 0.6) is 0 Å². The number of fused-ring (bicyclic) bond motifs is 1. The van der Waals surface area contributed by atoms with Gasteiger partial charge < -0.3 is 14.6 Å². The van der Waals surface area contributed by atoms with Gasteiger partial charge in [0.1, 0.15) is 11.6 Å². The first-order valence-corrected chi connectivity index (χ1v) is 17.7. The minimum Gasteiger partial charge on any atom is -0.455 e. The normalized spacial score (nSPS) is 13.2. The third-order valence-electron chi connectivity index (χ3n) is 7.65. The molecule has 2 heterocycles. The Morgan fingerprint density at radius 1 is 1.18 bits per heavy atom. The molecular formula is C38H62FN3O2S. The average Bonchev–Trinajstić information content (AvgIpc) is 3.51. The summed E-state index contributed by atoms with van der Waals surface area (Å²) in [5.74, 6) is 1.52. The number of nitrogens with one attached hydrogen (secondary N) is 1. The highest BCUT2D eigenvalue weighted by molar-refractivity contribution is 8.02. The molecule has 0 saturated heterocycles. The van der Waals surface area contributed by atoms with Crippen LogP contribution in [0, 0.1) is 11.2 Å². The maximum absolute atomic E-state index is 13.6. The summed E-state index contributed by atoms with van der Waals surface area (Å²) in [6.45, 7) is 31.7. The number of amides is 1. The number of H-pyrrole nitrogens is 1. The number of aromatic nitrogens is 2. The van der Waals surface area contributed by atoms with Gasteiger partial charge in [-0.1, -0.05) is 100 Å². The molecule has 0 saturated carbocycles. The van der Waals surface area contributed by atoms with Crippen molar-refractivity contribution in [1.82, 2.24) is 14.9 Å². The number of carbonyl (C=O) groups excluding carboxylic acids is 1. The second-order valence-electron chi connectivity index (χ2n) is 11.6. The van der Waals surface area contributed by atoms with E-state index in [0.717, 1.165) is 65.3 Å². The van der Waals surface area contributed by atoms with E-state index < -0.39 is 0 Å². The van der Waals surface area contributed by atoms with Crippen molar-refractivity contribution in [3.63, 3.8) is 0 Å². The highest BCUT2D eigenvalue weighted by atomic mass is 32.2. The molecule has 0 radical (unpaired) electrons. The lowest BCUT2D eigenvalue weighted by Gasteiger charge is -2.32. The van der Waals surface area contributed by atoms with Gasteiger partial charge in [0.2, 0.25) is 0 Å². The SMILES string of the molecule is C=CSc1cccc(F)c1C(C)CC.CC.CC.CCCC(C)(C)/C(OC(C(=O)N1CCc2nc[nH]c2C1)=C(C)C)=C(\C)CC. The van der Waals surface area contributed by atoms with Crippen LogP contribution in [-0.2, 0) is 22.5 Å². The summed E-state index contributed by atoms with van der Waals surface area (Å²) in [6.07, 6.45) is 6.43. The van der Waals surface area contributed by atoms with Gasteiger partial charge in [-0.15, -0.1) is 0 Å². The molecule has 5 nitrogen and oxygen atoms in total. The van der Waals surface area contributed by atoms with Gasteiger partial charge in [0, 0.05) is 28.8 Å². The van der Waals surface area contributed by atoms with Crippen molar-refractivity contribution in [3.8, 4) is 0 Å². The summed E-state index contributed by atoms with van der Waals surface area (Å²) in [4.78, 5) is 23.6. The molecule has 1 amide bonds. The number of rotatable bonds is 11. The van der Waals surface area contributed by atoms with Gasteiger partial charge in [0.05, 0.1) is 24.3 Å². The predicted molar refractivity (Wildman–Crippen MR) is 193 cm³/mol. The standard InChI is InChI=1S/C22H35N3O2.C12H15FS.2C2H6/c1-8-11-22(6,7)20(16(5)9-2)27-19(15(3)4)21(26)25-12-10-17-18(13-25)24-14-23-17;1-4-9(3)12-10(13)7-6-8-11(12)14-5-2;2*1-2/h14H,8-13H2,1-7H3,(H,23,24);5-9H,2,4H2,1,3H3;2*1-2H3/b20-16-;;;. The first kappa shape index (κ1) is 42.2. The summed E-state index contributed by atoms with van der Waals surface area (Å²) in [6, 6.07) is 5.21. The van der Waals surface area contributed by atoms with E-state index in [0.29, 0.717) is 18.8 Å². The van der Waals surface area contributed by atoms with Crippen LogP contribution in [0.1, 0.15) is 139 Å². The van der Waals surface area contributed by atoms with Gasteiger partial charge >= 0.3 is 0 Å². The van der Waals surface area contributed by atoms with Crippen molar-refractivity contribution in [1.29, 1.82) is 0 Å². The Labute approximate surface area is 279 Å². The summed E-state index contributed by atoms with van der Waals surface area (Å²) in [7, 11) is 0. The predicted octanol–water partition coefficient (Wildman–Crippen LogP) is 11.7. The topological polar surface area (TPSA) is 58.2 Å². The molecule has 0 fully saturated rings.